The van der Waals surface area contributed by atoms with Crippen molar-refractivity contribution in [3.8, 4) is 0 Å². The molecule has 10 heavy (non-hydrogen) atoms. The Labute approximate surface area is 63.4 Å². The summed E-state index contributed by atoms with van der Waals surface area (Å²) in [4.78, 5) is 0. The summed E-state index contributed by atoms with van der Waals surface area (Å²) in [5, 5.41) is 9.80. The average molecular weight is 142 g/mol. The van der Waals surface area contributed by atoms with Crippen LogP contribution in [0.15, 0.2) is 0 Å². The van der Waals surface area contributed by atoms with E-state index in [2.05, 4.69) is 20.8 Å². The smallest absolute Gasteiger partial charge is 0.0650 e. The Morgan fingerprint density at radius 2 is 1.80 bits per heavy atom. The highest BCUT2D eigenvalue weighted by Crippen LogP contribution is 2.43. The molecule has 0 amide bonds. The van der Waals surface area contributed by atoms with Crippen LogP contribution in [-0.4, -0.2) is 10.7 Å². The van der Waals surface area contributed by atoms with E-state index in [0.717, 1.165) is 6.42 Å². The molecule has 0 aromatic carbocycles. The van der Waals surface area contributed by atoms with Gasteiger partial charge in [0.2, 0.25) is 0 Å². The summed E-state index contributed by atoms with van der Waals surface area (Å²) in [5.41, 5.74) is -0.404. The van der Waals surface area contributed by atoms with E-state index in [1.54, 1.807) is 0 Å². The van der Waals surface area contributed by atoms with Crippen LogP contribution in [0.5, 0.6) is 0 Å². The van der Waals surface area contributed by atoms with Crippen LogP contribution in [0.4, 0.5) is 0 Å². The third kappa shape index (κ3) is 1.07. The summed E-state index contributed by atoms with van der Waals surface area (Å²) < 4.78 is 0. The third-order valence-corrected chi connectivity index (χ3v) is 3.40. The lowest BCUT2D eigenvalue weighted by Gasteiger charge is -2.23. The van der Waals surface area contributed by atoms with E-state index >= 15 is 0 Å². The highest BCUT2D eigenvalue weighted by atomic mass is 16.3. The highest BCUT2D eigenvalue weighted by Gasteiger charge is 2.42. The molecule has 0 heterocycles. The minimum atomic E-state index is -0.404. The number of hydrogen-bond acceptors (Lipinski definition) is 1. The molecule has 1 aliphatic rings. The fraction of sp³-hybridized carbons (Fsp3) is 1.00. The van der Waals surface area contributed by atoms with Gasteiger partial charge in [0.05, 0.1) is 5.60 Å². The molecular formula is C9H18O. The summed E-state index contributed by atoms with van der Waals surface area (Å²) in [7, 11) is 0. The Morgan fingerprint density at radius 1 is 1.30 bits per heavy atom. The largest absolute Gasteiger partial charge is 0.390 e. The molecule has 1 rings (SSSR count). The van der Waals surface area contributed by atoms with Crippen molar-refractivity contribution in [2.45, 2.75) is 39.7 Å². The van der Waals surface area contributed by atoms with E-state index in [0.29, 0.717) is 17.8 Å². The van der Waals surface area contributed by atoms with Crippen LogP contribution in [-0.2, 0) is 0 Å². The molecule has 1 aliphatic carbocycles. The zero-order chi connectivity index (χ0) is 7.94. The first-order valence-electron chi connectivity index (χ1n) is 4.17. The maximum atomic E-state index is 9.80. The van der Waals surface area contributed by atoms with Crippen molar-refractivity contribution in [2.75, 3.05) is 0 Å². The van der Waals surface area contributed by atoms with Gasteiger partial charge in [-0.1, -0.05) is 20.8 Å². The molecule has 1 heteroatoms. The maximum Gasteiger partial charge on any atom is 0.0650 e. The van der Waals surface area contributed by atoms with Gasteiger partial charge in [0.25, 0.3) is 0 Å². The molecule has 1 fully saturated rings. The molecule has 1 nitrogen and oxygen atoms in total. The molecule has 0 aromatic heterocycles. The van der Waals surface area contributed by atoms with Crippen LogP contribution in [0.2, 0.25) is 0 Å². The second kappa shape index (κ2) is 2.23. The Bertz CT molecular complexity index is 129. The fourth-order valence-electron chi connectivity index (χ4n) is 2.08. The molecule has 0 saturated heterocycles. The lowest BCUT2D eigenvalue weighted by Crippen LogP contribution is -2.28. The SMILES string of the molecule is CC1CC(C)(O)C(C)C1C. The van der Waals surface area contributed by atoms with Crippen LogP contribution in [0.3, 0.4) is 0 Å². The van der Waals surface area contributed by atoms with Gasteiger partial charge in [0, 0.05) is 0 Å². The molecule has 1 saturated carbocycles. The first-order valence-corrected chi connectivity index (χ1v) is 4.17. The van der Waals surface area contributed by atoms with Gasteiger partial charge < -0.3 is 5.11 Å². The second-order valence-corrected chi connectivity index (χ2v) is 4.19. The molecule has 0 aliphatic heterocycles. The zero-order valence-electron chi connectivity index (χ0n) is 7.39. The molecule has 0 spiro atoms. The normalized spacial score (nSPS) is 55.5. The van der Waals surface area contributed by atoms with E-state index in [1.807, 2.05) is 6.92 Å². The molecule has 0 bridgehead atoms. The second-order valence-electron chi connectivity index (χ2n) is 4.19. The molecule has 60 valence electrons. The topological polar surface area (TPSA) is 20.2 Å². The highest BCUT2D eigenvalue weighted by molar-refractivity contribution is 4.93. The predicted octanol–water partition coefficient (Wildman–Crippen LogP) is 2.05. The van der Waals surface area contributed by atoms with Crippen molar-refractivity contribution in [1.29, 1.82) is 0 Å². The maximum absolute atomic E-state index is 9.80. The van der Waals surface area contributed by atoms with Crippen molar-refractivity contribution in [1.82, 2.24) is 0 Å². The van der Waals surface area contributed by atoms with E-state index in [4.69, 9.17) is 0 Å². The van der Waals surface area contributed by atoms with Crippen LogP contribution < -0.4 is 0 Å². The first-order chi connectivity index (χ1) is 4.45. The predicted molar refractivity (Wildman–Crippen MR) is 42.7 cm³/mol. The average Bonchev–Trinajstić information content (AvgIpc) is 1.95. The van der Waals surface area contributed by atoms with Crippen molar-refractivity contribution in [3.63, 3.8) is 0 Å². The van der Waals surface area contributed by atoms with E-state index < -0.39 is 5.60 Å². The van der Waals surface area contributed by atoms with Crippen molar-refractivity contribution in [2.24, 2.45) is 17.8 Å². The van der Waals surface area contributed by atoms with E-state index in [-0.39, 0.29) is 0 Å². The fourth-order valence-corrected chi connectivity index (χ4v) is 2.08. The van der Waals surface area contributed by atoms with E-state index in [9.17, 15) is 5.11 Å². The minimum Gasteiger partial charge on any atom is -0.390 e. The van der Waals surface area contributed by atoms with Crippen molar-refractivity contribution >= 4 is 0 Å². The Hall–Kier alpha value is -0.0400. The lowest BCUT2D eigenvalue weighted by molar-refractivity contribution is 0.0197. The molecular weight excluding hydrogens is 124 g/mol. The monoisotopic (exact) mass is 142 g/mol. The van der Waals surface area contributed by atoms with Gasteiger partial charge in [-0.3, -0.25) is 0 Å². The summed E-state index contributed by atoms with van der Waals surface area (Å²) in [5.74, 6) is 1.82. The standard InChI is InChI=1S/C9H18O/c1-6-5-9(4,10)8(3)7(6)2/h6-8,10H,5H2,1-4H3. The lowest BCUT2D eigenvalue weighted by atomic mass is 9.89. The summed E-state index contributed by atoms with van der Waals surface area (Å²) >= 11 is 0. The molecule has 4 atom stereocenters. The van der Waals surface area contributed by atoms with Gasteiger partial charge in [-0.15, -0.1) is 0 Å². The van der Waals surface area contributed by atoms with Gasteiger partial charge in [-0.25, -0.2) is 0 Å². The zero-order valence-corrected chi connectivity index (χ0v) is 7.39. The molecule has 0 radical (unpaired) electrons. The van der Waals surface area contributed by atoms with Gasteiger partial charge in [0.15, 0.2) is 0 Å². The molecule has 0 aromatic rings. The Kier molecular flexibility index (Phi) is 1.80. The van der Waals surface area contributed by atoms with E-state index in [1.165, 1.54) is 0 Å². The van der Waals surface area contributed by atoms with Crippen molar-refractivity contribution in [3.05, 3.63) is 0 Å². The number of hydrogen-bond donors (Lipinski definition) is 1. The Balaban J connectivity index is 2.71. The summed E-state index contributed by atoms with van der Waals surface area (Å²) in [6.07, 6.45) is 0.968. The van der Waals surface area contributed by atoms with Crippen molar-refractivity contribution < 1.29 is 5.11 Å². The third-order valence-electron chi connectivity index (χ3n) is 3.40. The quantitative estimate of drug-likeness (QED) is 0.549. The number of aliphatic hydroxyl groups is 1. The molecule has 4 unspecified atom stereocenters. The summed E-state index contributed by atoms with van der Waals surface area (Å²) in [6, 6.07) is 0. The van der Waals surface area contributed by atoms with Gasteiger partial charge in [-0.05, 0) is 31.1 Å². The van der Waals surface area contributed by atoms with Crippen LogP contribution in [0, 0.1) is 17.8 Å². The van der Waals surface area contributed by atoms with Crippen LogP contribution in [0.25, 0.3) is 0 Å². The molecule has 1 N–H and O–H groups in total. The van der Waals surface area contributed by atoms with Crippen LogP contribution in [0.1, 0.15) is 34.1 Å². The van der Waals surface area contributed by atoms with Gasteiger partial charge in [0.1, 0.15) is 0 Å². The number of rotatable bonds is 0. The summed E-state index contributed by atoms with van der Waals surface area (Å²) in [6.45, 7) is 8.56. The first kappa shape index (κ1) is 8.06. The van der Waals surface area contributed by atoms with Crippen LogP contribution >= 0.6 is 0 Å². The van der Waals surface area contributed by atoms with Gasteiger partial charge in [-0.2, -0.15) is 0 Å². The van der Waals surface area contributed by atoms with Gasteiger partial charge >= 0.3 is 0 Å². The minimum absolute atomic E-state index is 0.404. The Morgan fingerprint density at radius 3 is 1.90 bits per heavy atom.